The maximum absolute atomic E-state index is 13.2. The van der Waals surface area contributed by atoms with Crippen LogP contribution in [0.5, 0.6) is 0 Å². The van der Waals surface area contributed by atoms with Crippen LogP contribution in [0.2, 0.25) is 0 Å². The zero-order chi connectivity index (χ0) is 30.9. The lowest BCUT2D eigenvalue weighted by Gasteiger charge is -2.55. The minimum atomic E-state index is -0.831. The molecule has 4 bridgehead atoms. The van der Waals surface area contributed by atoms with Crippen molar-refractivity contribution in [3.8, 4) is 0 Å². The summed E-state index contributed by atoms with van der Waals surface area (Å²) in [5.74, 6) is -1.34. The number of carbonyl (C=O) groups is 4. The van der Waals surface area contributed by atoms with Crippen LogP contribution in [0.4, 0.5) is 0 Å². The van der Waals surface area contributed by atoms with Crippen LogP contribution < -0.4 is 0 Å². The van der Waals surface area contributed by atoms with Gasteiger partial charge in [0.15, 0.2) is 22.8 Å². The van der Waals surface area contributed by atoms with E-state index in [1.807, 2.05) is 27.7 Å². The third-order valence-corrected chi connectivity index (χ3v) is 11.3. The predicted molar refractivity (Wildman–Crippen MR) is 155 cm³/mol. The number of carbonyl (C=O) groups excluding carboxylic acids is 4. The molecule has 0 N–H and O–H groups in total. The lowest BCUT2D eigenvalue weighted by molar-refractivity contribution is -0.168. The molecule has 4 fully saturated rings. The van der Waals surface area contributed by atoms with Crippen molar-refractivity contribution in [3.63, 3.8) is 0 Å². The van der Waals surface area contributed by atoms with E-state index in [0.29, 0.717) is 52.1 Å². The van der Waals surface area contributed by atoms with Crippen molar-refractivity contribution < 1.29 is 38.1 Å². The molecule has 2 heterocycles. The second-order valence-electron chi connectivity index (χ2n) is 13.3. The molecule has 2 saturated heterocycles. The molecule has 2 aliphatic heterocycles. The van der Waals surface area contributed by atoms with Gasteiger partial charge in [-0.3, -0.25) is 19.2 Å². The van der Waals surface area contributed by atoms with Crippen LogP contribution >= 0.6 is 0 Å². The normalized spacial score (nSPS) is 43.7. The van der Waals surface area contributed by atoms with Gasteiger partial charge in [-0.25, -0.2) is 0 Å². The summed E-state index contributed by atoms with van der Waals surface area (Å²) >= 11 is 0. The van der Waals surface area contributed by atoms with Gasteiger partial charge in [-0.05, 0) is 53.4 Å². The number of fused-ring (bicyclic) bond motifs is 2. The van der Waals surface area contributed by atoms with Gasteiger partial charge in [0.1, 0.15) is 0 Å². The Balaban J connectivity index is 0.000000168. The lowest BCUT2D eigenvalue weighted by atomic mass is 9.45. The Kier molecular flexibility index (Phi) is 7.18. The van der Waals surface area contributed by atoms with E-state index in [-0.39, 0.29) is 23.5 Å². The van der Waals surface area contributed by atoms with Gasteiger partial charge >= 0.3 is 11.9 Å². The maximum atomic E-state index is 13.2. The number of ether oxygens (including phenoxy) is 4. The summed E-state index contributed by atoms with van der Waals surface area (Å²) in [7, 11) is 0. The summed E-state index contributed by atoms with van der Waals surface area (Å²) in [6, 6.07) is 0. The summed E-state index contributed by atoms with van der Waals surface area (Å²) < 4.78 is 21.7. The molecule has 0 aromatic heterocycles. The Morgan fingerprint density at radius 1 is 0.810 bits per heavy atom. The summed E-state index contributed by atoms with van der Waals surface area (Å²) in [5, 5.41) is 0. The van der Waals surface area contributed by atoms with Gasteiger partial charge in [0.2, 0.25) is 0 Å². The number of hydrogen-bond donors (Lipinski definition) is 0. The molecule has 0 aromatic rings. The fraction of sp³-hybridized carbons (Fsp3) is 0.647. The van der Waals surface area contributed by atoms with Crippen LogP contribution in [0.1, 0.15) is 67.2 Å². The quantitative estimate of drug-likeness (QED) is 0.227. The first kappa shape index (κ1) is 30.6. The molecule has 42 heavy (non-hydrogen) atoms. The number of Topliss-reactive ketones (excluding diaryl/α,β-unsaturated/α-hetero) is 2. The SMILES string of the molecule is C=CC[C@@]12C(=O)[C@@]3(CO3)[C@@](C)(C=C1C)C[C@H]2C(=O)OCC.C=CC[C@]12C(=O)[C@]3(CO3)[C@](C)(C=C1C)C[C@@H]2C(=O)OCC. The van der Waals surface area contributed by atoms with E-state index in [9.17, 15) is 19.2 Å². The largest absolute Gasteiger partial charge is 0.466 e. The molecule has 8 nitrogen and oxygen atoms in total. The van der Waals surface area contributed by atoms with E-state index in [1.54, 1.807) is 26.0 Å². The number of ketones is 2. The van der Waals surface area contributed by atoms with Crippen molar-refractivity contribution in [2.45, 2.75) is 78.4 Å². The van der Waals surface area contributed by atoms with Crippen LogP contribution in [0.25, 0.3) is 0 Å². The fourth-order valence-electron chi connectivity index (χ4n) is 8.92. The first-order chi connectivity index (χ1) is 19.8. The second-order valence-corrected chi connectivity index (χ2v) is 13.3. The first-order valence-electron chi connectivity index (χ1n) is 15.1. The Morgan fingerprint density at radius 3 is 1.40 bits per heavy atom. The van der Waals surface area contributed by atoms with Gasteiger partial charge in [0.25, 0.3) is 0 Å². The molecule has 6 aliphatic carbocycles. The third-order valence-electron chi connectivity index (χ3n) is 11.3. The number of allylic oxidation sites excluding steroid dienone is 4. The van der Waals surface area contributed by atoms with Crippen molar-refractivity contribution in [2.24, 2.45) is 33.5 Å². The van der Waals surface area contributed by atoms with Gasteiger partial charge in [-0.2, -0.15) is 0 Å². The Hall–Kier alpha value is -2.84. The minimum Gasteiger partial charge on any atom is -0.466 e. The topological polar surface area (TPSA) is 112 Å². The van der Waals surface area contributed by atoms with Crippen LogP contribution in [0.15, 0.2) is 48.6 Å². The number of hydrogen-bond acceptors (Lipinski definition) is 8. The molecule has 8 atom stereocenters. The average molecular weight is 581 g/mol. The molecule has 8 aliphatic rings. The minimum absolute atomic E-state index is 0.0432. The Labute approximate surface area is 248 Å². The van der Waals surface area contributed by atoms with Gasteiger partial charge in [-0.1, -0.05) is 49.3 Å². The molecule has 228 valence electrons. The molecule has 0 aromatic carbocycles. The highest BCUT2D eigenvalue weighted by Gasteiger charge is 2.78. The summed E-state index contributed by atoms with van der Waals surface area (Å²) in [4.78, 5) is 51.3. The van der Waals surface area contributed by atoms with Crippen molar-refractivity contribution in [1.82, 2.24) is 0 Å². The van der Waals surface area contributed by atoms with Gasteiger partial charge in [-0.15, -0.1) is 13.2 Å². The third kappa shape index (κ3) is 3.66. The smallest absolute Gasteiger partial charge is 0.310 e. The van der Waals surface area contributed by atoms with Crippen LogP contribution in [0, 0.1) is 33.5 Å². The van der Waals surface area contributed by atoms with E-state index in [2.05, 4.69) is 25.3 Å². The highest BCUT2D eigenvalue weighted by atomic mass is 16.6. The molecule has 2 saturated carbocycles. The van der Waals surface area contributed by atoms with E-state index < -0.39 is 44.7 Å². The Morgan fingerprint density at radius 2 is 1.14 bits per heavy atom. The van der Waals surface area contributed by atoms with Crippen molar-refractivity contribution in [3.05, 3.63) is 48.6 Å². The second kappa shape index (κ2) is 9.84. The average Bonchev–Trinajstić information content (AvgIpc) is 3.85. The fourth-order valence-corrected chi connectivity index (χ4v) is 8.92. The molecule has 8 rings (SSSR count). The highest BCUT2D eigenvalue weighted by Crippen LogP contribution is 2.68. The lowest BCUT2D eigenvalue weighted by Crippen LogP contribution is -2.64. The van der Waals surface area contributed by atoms with Crippen LogP contribution in [-0.2, 0) is 38.1 Å². The van der Waals surface area contributed by atoms with Gasteiger partial charge in [0.05, 0.1) is 49.1 Å². The zero-order valence-electron chi connectivity index (χ0n) is 25.8. The van der Waals surface area contributed by atoms with E-state index >= 15 is 0 Å². The number of rotatable bonds is 8. The molecule has 0 unspecified atom stereocenters. The first-order valence-corrected chi connectivity index (χ1v) is 15.1. The van der Waals surface area contributed by atoms with E-state index in [4.69, 9.17) is 18.9 Å². The van der Waals surface area contributed by atoms with E-state index in [1.165, 1.54) is 0 Å². The summed E-state index contributed by atoms with van der Waals surface area (Å²) in [6.45, 7) is 20.7. The maximum Gasteiger partial charge on any atom is 0.310 e. The Bertz CT molecular complexity index is 1210. The van der Waals surface area contributed by atoms with Gasteiger partial charge in [0, 0.05) is 10.8 Å². The van der Waals surface area contributed by atoms with Crippen LogP contribution in [-0.4, -0.2) is 61.1 Å². The summed E-state index contributed by atoms with van der Waals surface area (Å²) in [6.07, 6.45) is 9.85. The van der Waals surface area contributed by atoms with Crippen molar-refractivity contribution in [2.75, 3.05) is 26.4 Å². The number of esters is 2. The molecule has 0 amide bonds. The van der Waals surface area contributed by atoms with Crippen molar-refractivity contribution in [1.29, 1.82) is 0 Å². The van der Waals surface area contributed by atoms with Gasteiger partial charge < -0.3 is 18.9 Å². The predicted octanol–water partition coefficient (Wildman–Crippen LogP) is 4.87. The van der Waals surface area contributed by atoms with Crippen LogP contribution in [0.3, 0.4) is 0 Å². The molecule has 8 heteroatoms. The molecule has 0 radical (unpaired) electrons. The molecular weight excluding hydrogens is 536 g/mol. The van der Waals surface area contributed by atoms with E-state index in [0.717, 1.165) is 11.1 Å². The van der Waals surface area contributed by atoms with Crippen molar-refractivity contribution >= 4 is 23.5 Å². The highest BCUT2D eigenvalue weighted by molar-refractivity contribution is 6.05. The number of epoxide rings is 2. The molecule has 2 spiro atoms. The zero-order valence-corrected chi connectivity index (χ0v) is 25.8. The monoisotopic (exact) mass is 580 g/mol. The summed E-state index contributed by atoms with van der Waals surface area (Å²) in [5.41, 5.74) is -2.01. The molecular formula is C34H44O8. The standard InChI is InChI=1S/2C17H22O4/c2*1-5-7-16-11(3)8-15(4,17(10-21-17)14(16)19)9-12(16)13(18)20-6-2/h2*5,8,12H,1,6-7,9-10H2,2-4H3/t2*12-,15-,16+,17-/m10/s1.